The lowest BCUT2D eigenvalue weighted by atomic mass is 10.1. The number of benzene rings is 2. The van der Waals surface area contributed by atoms with Gasteiger partial charge in [0, 0.05) is 34.9 Å². The summed E-state index contributed by atoms with van der Waals surface area (Å²) in [4.78, 5) is 12.6. The van der Waals surface area contributed by atoms with Crippen molar-refractivity contribution in [1.82, 2.24) is 20.2 Å². The van der Waals surface area contributed by atoms with Gasteiger partial charge in [-0.3, -0.25) is 4.79 Å². The zero-order valence-corrected chi connectivity index (χ0v) is 18.1. The molecule has 1 N–H and O–H groups in total. The highest BCUT2D eigenvalue weighted by Gasteiger charge is 2.28. The first kappa shape index (κ1) is 20.2. The zero-order chi connectivity index (χ0) is 22.1. The first-order valence-corrected chi connectivity index (χ1v) is 10.9. The molecular formula is C24H25N5O3. The number of amides is 1. The summed E-state index contributed by atoms with van der Waals surface area (Å²) in [6.45, 7) is 4.54. The molecule has 0 spiro atoms. The number of aromatic nitrogens is 4. The fourth-order valence-electron chi connectivity index (χ4n) is 3.90. The second-order valence-corrected chi connectivity index (χ2v) is 8.14. The van der Waals surface area contributed by atoms with Gasteiger partial charge < -0.3 is 14.8 Å². The van der Waals surface area contributed by atoms with Gasteiger partial charge in [0.15, 0.2) is 5.82 Å². The predicted octanol–water partition coefficient (Wildman–Crippen LogP) is 4.05. The third-order valence-electron chi connectivity index (χ3n) is 5.52. The van der Waals surface area contributed by atoms with E-state index in [4.69, 9.17) is 9.47 Å². The van der Waals surface area contributed by atoms with E-state index in [0.717, 1.165) is 47.5 Å². The summed E-state index contributed by atoms with van der Waals surface area (Å²) in [6, 6.07) is 11.9. The minimum atomic E-state index is -0.235. The van der Waals surface area contributed by atoms with Crippen molar-refractivity contribution in [2.45, 2.75) is 45.3 Å². The zero-order valence-electron chi connectivity index (χ0n) is 18.1. The Bertz CT molecular complexity index is 1180. The van der Waals surface area contributed by atoms with E-state index in [1.807, 2.05) is 54.9 Å². The molecule has 1 saturated carbocycles. The molecule has 8 heteroatoms. The molecule has 1 aliphatic carbocycles. The lowest BCUT2D eigenvalue weighted by Gasteiger charge is -2.10. The fourth-order valence-corrected chi connectivity index (χ4v) is 3.90. The molecule has 8 nitrogen and oxygen atoms in total. The van der Waals surface area contributed by atoms with Gasteiger partial charge in [0.2, 0.25) is 5.91 Å². The molecule has 1 atom stereocenters. The largest absolute Gasteiger partial charge is 0.493 e. The summed E-state index contributed by atoms with van der Waals surface area (Å²) in [5, 5.41) is 15.0. The van der Waals surface area contributed by atoms with Crippen molar-refractivity contribution in [1.29, 1.82) is 0 Å². The Kier molecular flexibility index (Phi) is 5.34. The van der Waals surface area contributed by atoms with Crippen LogP contribution >= 0.6 is 0 Å². The molecule has 0 saturated heterocycles. The molecule has 32 heavy (non-hydrogen) atoms. The Hall–Kier alpha value is -3.68. The number of rotatable bonds is 7. The van der Waals surface area contributed by atoms with E-state index in [-0.39, 0.29) is 12.0 Å². The molecule has 0 bridgehead atoms. The number of fused-ring (bicyclic) bond motifs is 1. The number of hydrogen-bond acceptors (Lipinski definition) is 6. The van der Waals surface area contributed by atoms with Gasteiger partial charge in [-0.05, 0) is 67.5 Å². The number of tetrazole rings is 1. The smallest absolute Gasteiger partial charge is 0.248 e. The highest BCUT2D eigenvalue weighted by atomic mass is 16.5. The number of ether oxygens (including phenoxy) is 2. The first-order valence-electron chi connectivity index (χ1n) is 10.9. The average Bonchev–Trinajstić information content (AvgIpc) is 3.38. The molecule has 1 aromatic heterocycles. The maximum absolute atomic E-state index is 12.6. The van der Waals surface area contributed by atoms with Gasteiger partial charge >= 0.3 is 0 Å². The van der Waals surface area contributed by atoms with E-state index >= 15 is 0 Å². The quantitative estimate of drug-likeness (QED) is 0.568. The minimum Gasteiger partial charge on any atom is -0.493 e. The summed E-state index contributed by atoms with van der Waals surface area (Å²) >= 11 is 0. The molecular weight excluding hydrogens is 406 g/mol. The van der Waals surface area contributed by atoms with Crippen molar-refractivity contribution in [3.8, 4) is 22.9 Å². The van der Waals surface area contributed by atoms with Crippen LogP contribution in [0.15, 0.2) is 42.5 Å². The maximum atomic E-state index is 12.6. The maximum Gasteiger partial charge on any atom is 0.248 e. The normalized spacial score (nSPS) is 17.2. The summed E-state index contributed by atoms with van der Waals surface area (Å²) < 4.78 is 13.5. The van der Waals surface area contributed by atoms with Gasteiger partial charge in [-0.25, -0.2) is 4.68 Å². The molecule has 3 aromatic rings. The molecule has 2 heterocycles. The van der Waals surface area contributed by atoms with Crippen LogP contribution in [0.5, 0.6) is 11.5 Å². The van der Waals surface area contributed by atoms with Crippen molar-refractivity contribution >= 4 is 17.7 Å². The Labute approximate surface area is 186 Å². The molecule has 2 aromatic carbocycles. The van der Waals surface area contributed by atoms with Crippen molar-refractivity contribution < 1.29 is 14.3 Å². The monoisotopic (exact) mass is 431 g/mol. The van der Waals surface area contributed by atoms with E-state index < -0.39 is 0 Å². The highest BCUT2D eigenvalue weighted by Crippen LogP contribution is 2.37. The molecule has 0 radical (unpaired) electrons. The van der Waals surface area contributed by atoms with Crippen LogP contribution in [0, 0.1) is 0 Å². The Morgan fingerprint density at radius 1 is 1.31 bits per heavy atom. The van der Waals surface area contributed by atoms with Gasteiger partial charge in [-0.1, -0.05) is 12.1 Å². The number of hydrogen-bond donors (Lipinski definition) is 1. The van der Waals surface area contributed by atoms with Crippen LogP contribution in [0.2, 0.25) is 0 Å². The van der Waals surface area contributed by atoms with Gasteiger partial charge in [-0.2, -0.15) is 0 Å². The third kappa shape index (κ3) is 4.21. The van der Waals surface area contributed by atoms with Crippen LogP contribution in [0.25, 0.3) is 17.5 Å². The topological polar surface area (TPSA) is 91.2 Å². The molecule has 1 aliphatic heterocycles. The van der Waals surface area contributed by atoms with Crippen LogP contribution in [0.3, 0.4) is 0 Å². The summed E-state index contributed by atoms with van der Waals surface area (Å²) in [6.07, 6.45) is 6.45. The van der Waals surface area contributed by atoms with E-state index in [9.17, 15) is 4.79 Å². The summed E-state index contributed by atoms with van der Waals surface area (Å²) in [5.74, 6) is 2.08. The van der Waals surface area contributed by atoms with Gasteiger partial charge in [0.05, 0.1) is 12.6 Å². The van der Waals surface area contributed by atoms with E-state index in [1.54, 1.807) is 6.08 Å². The standard InChI is InChI=1S/C24H25N5O3/c1-3-31-21-14-18-11-15(2)32-22(18)13-16(21)7-10-23(30)25-19-6-4-5-17(12-19)24-26-27-28-29(24)20-8-9-20/h4-7,10,12-15,20H,3,8-9,11H2,1-2H3,(H,25,30)/b10-7+. The SMILES string of the molecule is CCOc1cc2c(cc1/C=C/C(=O)Nc1cccc(-c3nnnn3C3CC3)c1)OC(C)C2. The first-order chi connectivity index (χ1) is 15.6. The summed E-state index contributed by atoms with van der Waals surface area (Å²) in [7, 11) is 0. The van der Waals surface area contributed by atoms with Crippen LogP contribution < -0.4 is 14.8 Å². The fraction of sp³-hybridized carbons (Fsp3) is 0.333. The lowest BCUT2D eigenvalue weighted by Crippen LogP contribution is -2.08. The van der Waals surface area contributed by atoms with Crippen molar-refractivity contribution in [3.63, 3.8) is 0 Å². The van der Waals surface area contributed by atoms with Crippen molar-refractivity contribution in [2.75, 3.05) is 11.9 Å². The van der Waals surface area contributed by atoms with Crippen LogP contribution in [-0.4, -0.2) is 38.8 Å². The number of nitrogens with zero attached hydrogens (tertiary/aromatic N) is 4. The molecule has 1 amide bonds. The van der Waals surface area contributed by atoms with Crippen molar-refractivity contribution in [3.05, 3.63) is 53.6 Å². The third-order valence-corrected chi connectivity index (χ3v) is 5.52. The second-order valence-electron chi connectivity index (χ2n) is 8.14. The molecule has 5 rings (SSSR count). The number of anilines is 1. The van der Waals surface area contributed by atoms with E-state index in [1.165, 1.54) is 6.08 Å². The summed E-state index contributed by atoms with van der Waals surface area (Å²) in [5.41, 5.74) is 3.49. The van der Waals surface area contributed by atoms with Crippen LogP contribution in [-0.2, 0) is 11.2 Å². The number of nitrogens with one attached hydrogen (secondary N) is 1. The van der Waals surface area contributed by atoms with Crippen LogP contribution in [0.4, 0.5) is 5.69 Å². The van der Waals surface area contributed by atoms with Gasteiger partial charge in [0.25, 0.3) is 0 Å². The number of carbonyl (C=O) groups is 1. The lowest BCUT2D eigenvalue weighted by molar-refractivity contribution is -0.111. The highest BCUT2D eigenvalue weighted by molar-refractivity contribution is 6.02. The molecule has 164 valence electrons. The van der Waals surface area contributed by atoms with Crippen LogP contribution in [0.1, 0.15) is 43.9 Å². The molecule has 1 fully saturated rings. The Balaban J connectivity index is 1.32. The number of carbonyl (C=O) groups excluding carboxylic acids is 1. The minimum absolute atomic E-state index is 0.148. The molecule has 1 unspecified atom stereocenters. The molecule has 2 aliphatic rings. The average molecular weight is 431 g/mol. The Morgan fingerprint density at radius 2 is 2.19 bits per heavy atom. The predicted molar refractivity (Wildman–Crippen MR) is 121 cm³/mol. The second kappa shape index (κ2) is 8.45. The van der Waals surface area contributed by atoms with Gasteiger partial charge in [-0.15, -0.1) is 5.10 Å². The van der Waals surface area contributed by atoms with Crippen molar-refractivity contribution in [2.24, 2.45) is 0 Å². The van der Waals surface area contributed by atoms with E-state index in [2.05, 4.69) is 20.8 Å². The van der Waals surface area contributed by atoms with Gasteiger partial charge in [0.1, 0.15) is 17.6 Å². The van der Waals surface area contributed by atoms with E-state index in [0.29, 0.717) is 24.2 Å². The Morgan fingerprint density at radius 3 is 3.00 bits per heavy atom.